The molecule has 106 valence electrons. The Morgan fingerprint density at radius 3 is 2.74 bits per heavy atom. The van der Waals surface area contributed by atoms with Gasteiger partial charge >= 0.3 is 5.69 Å². The molecule has 1 aromatic rings. The summed E-state index contributed by atoms with van der Waals surface area (Å²) >= 11 is 0. The monoisotopic (exact) mass is 268 g/mol. The molecule has 0 radical (unpaired) electrons. The lowest BCUT2D eigenvalue weighted by molar-refractivity contribution is -0.384. The predicted octanol–water partition coefficient (Wildman–Crippen LogP) is 2.27. The molecule has 0 saturated carbocycles. The SMILES string of the molecule is Cc1nn(C(C)C)c(NC2CCOC2C)c1[N+](=O)[O-]. The molecule has 1 fully saturated rings. The topological polar surface area (TPSA) is 82.2 Å². The first-order valence-corrected chi connectivity index (χ1v) is 6.53. The molecule has 19 heavy (non-hydrogen) atoms. The van der Waals surface area contributed by atoms with Crippen molar-refractivity contribution in [2.24, 2.45) is 0 Å². The van der Waals surface area contributed by atoms with E-state index in [9.17, 15) is 10.1 Å². The number of hydrogen-bond acceptors (Lipinski definition) is 5. The lowest BCUT2D eigenvalue weighted by Crippen LogP contribution is -2.28. The van der Waals surface area contributed by atoms with Gasteiger partial charge in [0.25, 0.3) is 0 Å². The minimum atomic E-state index is -0.371. The minimum absolute atomic E-state index is 0.0513. The van der Waals surface area contributed by atoms with E-state index in [1.54, 1.807) is 11.6 Å². The average molecular weight is 268 g/mol. The Bertz CT molecular complexity index is 484. The van der Waals surface area contributed by atoms with Crippen LogP contribution in [0.4, 0.5) is 11.5 Å². The lowest BCUT2D eigenvalue weighted by Gasteiger charge is -2.19. The van der Waals surface area contributed by atoms with Crippen molar-refractivity contribution in [1.29, 1.82) is 0 Å². The maximum Gasteiger partial charge on any atom is 0.333 e. The van der Waals surface area contributed by atoms with Crippen molar-refractivity contribution in [1.82, 2.24) is 9.78 Å². The number of nitro groups is 1. The maximum absolute atomic E-state index is 11.2. The highest BCUT2D eigenvalue weighted by molar-refractivity contribution is 5.60. The largest absolute Gasteiger partial charge is 0.376 e. The molecule has 1 saturated heterocycles. The van der Waals surface area contributed by atoms with Crippen LogP contribution in [0.5, 0.6) is 0 Å². The van der Waals surface area contributed by atoms with Crippen molar-refractivity contribution in [2.45, 2.75) is 52.3 Å². The molecule has 1 aliphatic rings. The molecular formula is C12H20N4O3. The number of aryl methyl sites for hydroxylation is 1. The number of ether oxygens (including phenoxy) is 1. The van der Waals surface area contributed by atoms with Gasteiger partial charge in [-0.1, -0.05) is 0 Å². The summed E-state index contributed by atoms with van der Waals surface area (Å²) in [6.45, 7) is 8.23. The van der Waals surface area contributed by atoms with Gasteiger partial charge in [-0.2, -0.15) is 5.10 Å². The molecule has 0 bridgehead atoms. The van der Waals surface area contributed by atoms with Gasteiger partial charge in [-0.15, -0.1) is 0 Å². The third kappa shape index (κ3) is 2.56. The summed E-state index contributed by atoms with van der Waals surface area (Å²) in [5.74, 6) is 0.486. The zero-order valence-electron chi connectivity index (χ0n) is 11.7. The zero-order valence-corrected chi connectivity index (χ0v) is 11.7. The fourth-order valence-electron chi connectivity index (χ4n) is 2.36. The Hall–Kier alpha value is -1.63. The molecule has 7 nitrogen and oxygen atoms in total. The first-order valence-electron chi connectivity index (χ1n) is 6.53. The number of nitrogens with zero attached hydrogens (tertiary/aromatic N) is 3. The van der Waals surface area contributed by atoms with Gasteiger partial charge in [0.2, 0.25) is 5.82 Å². The molecule has 0 aliphatic carbocycles. The molecule has 2 atom stereocenters. The van der Waals surface area contributed by atoms with Crippen molar-refractivity contribution in [3.8, 4) is 0 Å². The molecule has 2 heterocycles. The third-order valence-electron chi connectivity index (χ3n) is 3.42. The number of anilines is 1. The quantitative estimate of drug-likeness (QED) is 0.669. The second kappa shape index (κ2) is 5.16. The van der Waals surface area contributed by atoms with Crippen LogP contribution >= 0.6 is 0 Å². The van der Waals surface area contributed by atoms with Crippen LogP contribution < -0.4 is 5.32 Å². The van der Waals surface area contributed by atoms with Crippen molar-refractivity contribution in [2.75, 3.05) is 11.9 Å². The van der Waals surface area contributed by atoms with Crippen LogP contribution in [0.2, 0.25) is 0 Å². The van der Waals surface area contributed by atoms with Gasteiger partial charge in [0.05, 0.1) is 17.1 Å². The molecule has 0 aromatic carbocycles. The van der Waals surface area contributed by atoms with E-state index in [0.29, 0.717) is 18.1 Å². The molecule has 1 aromatic heterocycles. The van der Waals surface area contributed by atoms with Gasteiger partial charge in [-0.25, -0.2) is 4.68 Å². The van der Waals surface area contributed by atoms with Gasteiger partial charge in [0.1, 0.15) is 5.69 Å². The third-order valence-corrected chi connectivity index (χ3v) is 3.42. The van der Waals surface area contributed by atoms with Crippen LogP contribution in [0, 0.1) is 17.0 Å². The molecule has 2 rings (SSSR count). The molecular weight excluding hydrogens is 248 g/mol. The summed E-state index contributed by atoms with van der Waals surface area (Å²) in [5.41, 5.74) is 0.501. The van der Waals surface area contributed by atoms with Gasteiger partial charge in [-0.3, -0.25) is 10.1 Å². The highest BCUT2D eigenvalue weighted by Gasteiger charge is 2.31. The van der Waals surface area contributed by atoms with Gasteiger partial charge in [0.15, 0.2) is 0 Å². The molecule has 1 N–H and O–H groups in total. The van der Waals surface area contributed by atoms with Crippen LogP contribution in [-0.4, -0.2) is 33.5 Å². The highest BCUT2D eigenvalue weighted by Crippen LogP contribution is 2.32. The number of nitrogens with one attached hydrogen (secondary N) is 1. The van der Waals surface area contributed by atoms with E-state index in [1.165, 1.54) is 0 Å². The van der Waals surface area contributed by atoms with Crippen LogP contribution in [0.15, 0.2) is 0 Å². The zero-order chi connectivity index (χ0) is 14.2. The predicted molar refractivity (Wildman–Crippen MR) is 71.4 cm³/mol. The van der Waals surface area contributed by atoms with Gasteiger partial charge in [0, 0.05) is 12.6 Å². The summed E-state index contributed by atoms with van der Waals surface area (Å²) in [5, 5.41) is 18.7. The first kappa shape index (κ1) is 13.8. The summed E-state index contributed by atoms with van der Waals surface area (Å²) in [7, 11) is 0. The second-order valence-corrected chi connectivity index (χ2v) is 5.19. The summed E-state index contributed by atoms with van der Waals surface area (Å²) < 4.78 is 7.16. The second-order valence-electron chi connectivity index (χ2n) is 5.19. The van der Waals surface area contributed by atoms with Gasteiger partial charge in [-0.05, 0) is 34.1 Å². The summed E-state index contributed by atoms with van der Waals surface area (Å²) in [4.78, 5) is 10.8. The van der Waals surface area contributed by atoms with E-state index in [1.807, 2.05) is 20.8 Å². The van der Waals surface area contributed by atoms with E-state index in [-0.39, 0.29) is 28.8 Å². The van der Waals surface area contributed by atoms with E-state index < -0.39 is 0 Å². The van der Waals surface area contributed by atoms with Crippen LogP contribution in [0.25, 0.3) is 0 Å². The van der Waals surface area contributed by atoms with Crippen molar-refractivity contribution >= 4 is 11.5 Å². The Morgan fingerprint density at radius 2 is 2.26 bits per heavy atom. The standard InChI is InChI=1S/C12H20N4O3/c1-7(2)15-12(11(16(17)18)8(3)14-15)13-10-5-6-19-9(10)4/h7,9-10,13H,5-6H2,1-4H3. The maximum atomic E-state index is 11.2. The van der Waals surface area contributed by atoms with Crippen molar-refractivity contribution < 1.29 is 9.66 Å². The molecule has 0 amide bonds. The van der Waals surface area contributed by atoms with Crippen LogP contribution in [0.3, 0.4) is 0 Å². The van der Waals surface area contributed by atoms with E-state index in [0.717, 1.165) is 6.42 Å². The van der Waals surface area contributed by atoms with Crippen LogP contribution in [0.1, 0.15) is 38.9 Å². The highest BCUT2D eigenvalue weighted by atomic mass is 16.6. The number of hydrogen-bond donors (Lipinski definition) is 1. The first-order chi connectivity index (χ1) is 8.91. The van der Waals surface area contributed by atoms with E-state index >= 15 is 0 Å². The number of aromatic nitrogens is 2. The van der Waals surface area contributed by atoms with Crippen molar-refractivity contribution in [3.63, 3.8) is 0 Å². The molecule has 1 aliphatic heterocycles. The fourth-order valence-corrected chi connectivity index (χ4v) is 2.36. The molecule has 0 spiro atoms. The molecule has 7 heteroatoms. The van der Waals surface area contributed by atoms with Crippen LogP contribution in [-0.2, 0) is 4.74 Å². The van der Waals surface area contributed by atoms with Crippen molar-refractivity contribution in [3.05, 3.63) is 15.8 Å². The average Bonchev–Trinajstić information content (AvgIpc) is 2.84. The summed E-state index contributed by atoms with van der Waals surface area (Å²) in [6, 6.07) is 0.153. The number of rotatable bonds is 4. The van der Waals surface area contributed by atoms with Gasteiger partial charge < -0.3 is 10.1 Å². The van der Waals surface area contributed by atoms with E-state index in [4.69, 9.17) is 4.74 Å². The normalized spacial score (nSPS) is 23.0. The Kier molecular flexibility index (Phi) is 3.75. The smallest absolute Gasteiger partial charge is 0.333 e. The molecule has 2 unspecified atom stereocenters. The lowest BCUT2D eigenvalue weighted by atomic mass is 10.1. The Labute approximate surface area is 112 Å². The minimum Gasteiger partial charge on any atom is -0.376 e. The Morgan fingerprint density at radius 1 is 1.58 bits per heavy atom. The van der Waals surface area contributed by atoms with E-state index in [2.05, 4.69) is 10.4 Å². The Balaban J connectivity index is 2.38. The summed E-state index contributed by atoms with van der Waals surface area (Å²) in [6.07, 6.45) is 0.899. The fraction of sp³-hybridized carbons (Fsp3) is 0.750.